The molecule has 2 atom stereocenters. The zero-order valence-electron chi connectivity index (χ0n) is 13.1. The second-order valence-corrected chi connectivity index (χ2v) is 8.46. The summed E-state index contributed by atoms with van der Waals surface area (Å²) in [6, 6.07) is 7.90. The molecule has 1 heterocycles. The fourth-order valence-corrected chi connectivity index (χ4v) is 5.61. The molecule has 1 saturated carbocycles. The zero-order chi connectivity index (χ0) is 16.4. The number of benzene rings is 1. The first kappa shape index (κ1) is 16.4. The van der Waals surface area contributed by atoms with Gasteiger partial charge in [0.25, 0.3) is 0 Å². The van der Waals surface area contributed by atoms with Gasteiger partial charge in [0.15, 0.2) is 0 Å². The Hall–Kier alpha value is -1.42. The third kappa shape index (κ3) is 3.27. The third-order valence-electron chi connectivity index (χ3n) is 5.06. The molecule has 1 saturated heterocycles. The van der Waals surface area contributed by atoms with Crippen molar-refractivity contribution in [2.75, 3.05) is 6.54 Å². The van der Waals surface area contributed by atoms with E-state index in [2.05, 4.69) is 0 Å². The molecule has 23 heavy (non-hydrogen) atoms. The first-order valence-electron chi connectivity index (χ1n) is 8.22. The van der Waals surface area contributed by atoms with Crippen molar-refractivity contribution in [2.45, 2.75) is 55.6 Å². The lowest BCUT2D eigenvalue weighted by Crippen LogP contribution is -2.40. The quantitative estimate of drug-likeness (QED) is 0.919. The summed E-state index contributed by atoms with van der Waals surface area (Å²) in [5.74, 6) is 0.342. The van der Waals surface area contributed by atoms with Crippen LogP contribution in [0.5, 0.6) is 0 Å². The smallest absolute Gasteiger partial charge is 0.243 e. The number of nitriles is 1. The molecule has 2 aliphatic rings. The Bertz CT molecular complexity index is 688. The maximum absolute atomic E-state index is 13.0. The summed E-state index contributed by atoms with van der Waals surface area (Å²) in [7, 11) is -3.63. The van der Waals surface area contributed by atoms with Crippen molar-refractivity contribution >= 4 is 10.0 Å². The number of rotatable bonds is 3. The Kier molecular flexibility index (Phi) is 4.72. The Morgan fingerprint density at radius 1 is 1.13 bits per heavy atom. The molecule has 1 N–H and O–H groups in total. The molecule has 1 aromatic carbocycles. The van der Waals surface area contributed by atoms with Gasteiger partial charge in [-0.1, -0.05) is 19.3 Å². The summed E-state index contributed by atoms with van der Waals surface area (Å²) < 4.78 is 27.4. The maximum Gasteiger partial charge on any atom is 0.243 e. The second-order valence-electron chi connectivity index (χ2n) is 6.57. The van der Waals surface area contributed by atoms with Crippen LogP contribution < -0.4 is 0 Å². The van der Waals surface area contributed by atoms with E-state index in [1.807, 2.05) is 6.07 Å². The minimum Gasteiger partial charge on any atom is -0.392 e. The van der Waals surface area contributed by atoms with Crippen molar-refractivity contribution in [1.29, 1.82) is 5.26 Å². The molecule has 2 fully saturated rings. The van der Waals surface area contributed by atoms with E-state index in [4.69, 9.17) is 5.26 Å². The van der Waals surface area contributed by atoms with Gasteiger partial charge in [-0.3, -0.25) is 0 Å². The molecule has 1 aliphatic carbocycles. The van der Waals surface area contributed by atoms with Gasteiger partial charge in [-0.15, -0.1) is 0 Å². The van der Waals surface area contributed by atoms with Crippen LogP contribution >= 0.6 is 0 Å². The highest BCUT2D eigenvalue weighted by atomic mass is 32.2. The van der Waals surface area contributed by atoms with Crippen molar-refractivity contribution < 1.29 is 13.5 Å². The molecule has 1 aliphatic heterocycles. The number of hydrogen-bond acceptors (Lipinski definition) is 4. The largest absolute Gasteiger partial charge is 0.392 e. The van der Waals surface area contributed by atoms with Gasteiger partial charge in [-0.05, 0) is 49.4 Å². The summed E-state index contributed by atoms with van der Waals surface area (Å²) in [5, 5.41) is 18.9. The number of aliphatic hydroxyl groups is 1. The summed E-state index contributed by atoms with van der Waals surface area (Å²) >= 11 is 0. The van der Waals surface area contributed by atoms with E-state index in [1.165, 1.54) is 35.0 Å². The monoisotopic (exact) mass is 334 g/mol. The first-order chi connectivity index (χ1) is 11.0. The number of aliphatic hydroxyl groups excluding tert-OH is 1. The lowest BCUT2D eigenvalue weighted by atomic mass is 9.83. The second kappa shape index (κ2) is 6.60. The number of nitrogens with zero attached hydrogens (tertiary/aromatic N) is 2. The Labute approximate surface area is 137 Å². The third-order valence-corrected chi connectivity index (χ3v) is 6.96. The van der Waals surface area contributed by atoms with Crippen LogP contribution in [0.3, 0.4) is 0 Å². The normalized spacial score (nSPS) is 27.0. The van der Waals surface area contributed by atoms with Crippen LogP contribution in [0.2, 0.25) is 0 Å². The van der Waals surface area contributed by atoms with Crippen LogP contribution in [0, 0.1) is 17.2 Å². The van der Waals surface area contributed by atoms with E-state index in [0.717, 1.165) is 25.7 Å². The van der Waals surface area contributed by atoms with Gasteiger partial charge in [-0.2, -0.15) is 9.57 Å². The van der Waals surface area contributed by atoms with Crippen LogP contribution in [0.15, 0.2) is 29.2 Å². The van der Waals surface area contributed by atoms with Gasteiger partial charge >= 0.3 is 0 Å². The van der Waals surface area contributed by atoms with Gasteiger partial charge < -0.3 is 5.11 Å². The van der Waals surface area contributed by atoms with Gasteiger partial charge in [0.2, 0.25) is 10.0 Å². The Morgan fingerprint density at radius 2 is 1.78 bits per heavy atom. The van der Waals surface area contributed by atoms with Crippen LogP contribution in [0.4, 0.5) is 0 Å². The molecule has 0 radical (unpaired) electrons. The fraction of sp³-hybridized carbons (Fsp3) is 0.588. The van der Waals surface area contributed by atoms with Gasteiger partial charge in [0, 0.05) is 12.6 Å². The number of sulfonamides is 1. The molecule has 0 amide bonds. The van der Waals surface area contributed by atoms with Gasteiger partial charge in [-0.25, -0.2) is 8.42 Å². The van der Waals surface area contributed by atoms with E-state index in [1.54, 1.807) is 0 Å². The highest BCUT2D eigenvalue weighted by molar-refractivity contribution is 7.89. The summed E-state index contributed by atoms with van der Waals surface area (Å²) in [5.41, 5.74) is 0.439. The average Bonchev–Trinajstić information content (AvgIpc) is 2.98. The highest BCUT2D eigenvalue weighted by Gasteiger charge is 2.43. The van der Waals surface area contributed by atoms with E-state index >= 15 is 0 Å². The SMILES string of the molecule is N#Cc1ccc(S(=O)(=O)N2C[C@@H](O)C[C@H]2C2CCCCC2)cc1. The minimum absolute atomic E-state index is 0.106. The van der Waals surface area contributed by atoms with Crippen molar-refractivity contribution in [3.05, 3.63) is 29.8 Å². The van der Waals surface area contributed by atoms with Gasteiger partial charge in [0.05, 0.1) is 22.6 Å². The van der Waals surface area contributed by atoms with Crippen LogP contribution in [-0.4, -0.2) is 36.5 Å². The molecular formula is C17H22N2O3S. The molecular weight excluding hydrogens is 312 g/mol. The molecule has 0 spiro atoms. The fourth-order valence-electron chi connectivity index (χ4n) is 3.87. The van der Waals surface area contributed by atoms with E-state index < -0.39 is 16.1 Å². The number of β-amino-alcohol motifs (C(OH)–C–C–N with tert-alkyl or cyclic N) is 1. The average molecular weight is 334 g/mol. The van der Waals surface area contributed by atoms with Crippen LogP contribution in [-0.2, 0) is 10.0 Å². The minimum atomic E-state index is -3.63. The van der Waals surface area contributed by atoms with Crippen molar-refractivity contribution in [3.63, 3.8) is 0 Å². The molecule has 124 valence electrons. The summed E-state index contributed by atoms with van der Waals surface area (Å²) in [4.78, 5) is 0.200. The predicted molar refractivity (Wildman–Crippen MR) is 86.0 cm³/mol. The highest BCUT2D eigenvalue weighted by Crippen LogP contribution is 2.37. The predicted octanol–water partition coefficient (Wildman–Crippen LogP) is 2.26. The molecule has 0 aromatic heterocycles. The topological polar surface area (TPSA) is 81.4 Å². The Morgan fingerprint density at radius 3 is 2.39 bits per heavy atom. The first-order valence-corrected chi connectivity index (χ1v) is 9.66. The van der Waals surface area contributed by atoms with Crippen LogP contribution in [0.1, 0.15) is 44.1 Å². The molecule has 0 bridgehead atoms. The van der Waals surface area contributed by atoms with E-state index in [-0.39, 0.29) is 17.5 Å². The van der Waals surface area contributed by atoms with Crippen molar-refractivity contribution in [2.24, 2.45) is 5.92 Å². The molecule has 1 aromatic rings. The Balaban J connectivity index is 1.88. The molecule has 6 heteroatoms. The molecule has 0 unspecified atom stereocenters. The lowest BCUT2D eigenvalue weighted by molar-refractivity contribution is 0.185. The van der Waals surface area contributed by atoms with E-state index in [0.29, 0.717) is 17.9 Å². The standard InChI is InChI=1S/C17H22N2O3S/c18-11-13-6-8-16(9-7-13)23(21,22)19-12-15(20)10-17(19)14-4-2-1-3-5-14/h6-9,14-15,17,20H,1-5,10,12H2/t15-,17-/m0/s1. The summed E-state index contributed by atoms with van der Waals surface area (Å²) in [6.45, 7) is 0.170. The molecule has 5 nitrogen and oxygen atoms in total. The van der Waals surface area contributed by atoms with Gasteiger partial charge in [0.1, 0.15) is 0 Å². The zero-order valence-corrected chi connectivity index (χ0v) is 13.9. The van der Waals surface area contributed by atoms with Crippen molar-refractivity contribution in [3.8, 4) is 6.07 Å². The number of hydrogen-bond donors (Lipinski definition) is 1. The molecule has 3 rings (SSSR count). The van der Waals surface area contributed by atoms with Crippen molar-refractivity contribution in [1.82, 2.24) is 4.31 Å². The van der Waals surface area contributed by atoms with E-state index in [9.17, 15) is 13.5 Å². The lowest BCUT2D eigenvalue weighted by Gasteiger charge is -2.33. The summed E-state index contributed by atoms with van der Waals surface area (Å²) in [6.07, 6.45) is 5.52. The van der Waals surface area contributed by atoms with Crippen LogP contribution in [0.25, 0.3) is 0 Å². The maximum atomic E-state index is 13.0.